The lowest BCUT2D eigenvalue weighted by Gasteiger charge is -2.27. The summed E-state index contributed by atoms with van der Waals surface area (Å²) in [5, 5.41) is 12.2. The average molecular weight is 186 g/mol. The van der Waals surface area contributed by atoms with Crippen molar-refractivity contribution in [2.24, 2.45) is 0 Å². The first kappa shape index (κ1) is 10.3. The fraction of sp³-hybridized carbons (Fsp3) is 0.889. The maximum atomic E-state index is 11.3. The molecule has 4 heteroatoms. The Bertz CT molecular complexity index is 182. The van der Waals surface area contributed by atoms with Crippen LogP contribution in [0.3, 0.4) is 0 Å². The fourth-order valence-corrected chi connectivity index (χ4v) is 1.60. The highest BCUT2D eigenvalue weighted by atomic mass is 16.3. The van der Waals surface area contributed by atoms with Crippen LogP contribution in [0.15, 0.2) is 0 Å². The van der Waals surface area contributed by atoms with Crippen molar-refractivity contribution in [2.45, 2.75) is 37.8 Å². The molecule has 76 valence electrons. The standard InChI is InChI=1S/C9H18N2O2/c1-11(2)9(13)10-7-4-3-5-8(12)6-7/h7-8,12H,3-6H2,1-2H3,(H,10,13). The minimum atomic E-state index is -0.235. The van der Waals surface area contributed by atoms with Crippen molar-refractivity contribution < 1.29 is 9.90 Å². The molecule has 2 N–H and O–H groups in total. The lowest BCUT2D eigenvalue weighted by atomic mass is 9.93. The van der Waals surface area contributed by atoms with E-state index in [4.69, 9.17) is 0 Å². The molecule has 0 bridgehead atoms. The summed E-state index contributed by atoms with van der Waals surface area (Å²) >= 11 is 0. The van der Waals surface area contributed by atoms with Crippen molar-refractivity contribution in [3.05, 3.63) is 0 Å². The minimum Gasteiger partial charge on any atom is -0.393 e. The third-order valence-corrected chi connectivity index (χ3v) is 2.38. The van der Waals surface area contributed by atoms with Crippen LogP contribution < -0.4 is 5.32 Å². The van der Waals surface area contributed by atoms with Gasteiger partial charge in [0, 0.05) is 20.1 Å². The number of amides is 2. The second-order valence-corrected chi connectivity index (χ2v) is 3.86. The predicted octanol–water partition coefficient (Wildman–Crippen LogP) is 0.561. The topological polar surface area (TPSA) is 52.6 Å². The zero-order chi connectivity index (χ0) is 9.84. The van der Waals surface area contributed by atoms with Gasteiger partial charge >= 0.3 is 6.03 Å². The van der Waals surface area contributed by atoms with Gasteiger partial charge in [-0.25, -0.2) is 4.79 Å². The molecule has 0 saturated heterocycles. The lowest BCUT2D eigenvalue weighted by molar-refractivity contribution is 0.112. The second kappa shape index (κ2) is 4.46. The molecule has 0 aromatic carbocycles. The number of hydrogen-bond acceptors (Lipinski definition) is 2. The summed E-state index contributed by atoms with van der Waals surface area (Å²) in [5.41, 5.74) is 0. The Balaban J connectivity index is 2.31. The molecule has 1 fully saturated rings. The fourth-order valence-electron chi connectivity index (χ4n) is 1.60. The first-order valence-electron chi connectivity index (χ1n) is 4.75. The Kier molecular flexibility index (Phi) is 3.54. The quantitative estimate of drug-likeness (QED) is 0.628. The largest absolute Gasteiger partial charge is 0.393 e. The van der Waals surface area contributed by atoms with E-state index < -0.39 is 0 Å². The van der Waals surface area contributed by atoms with Crippen molar-refractivity contribution in [3.63, 3.8) is 0 Å². The van der Waals surface area contributed by atoms with E-state index in [0.717, 1.165) is 19.3 Å². The molecule has 0 aromatic heterocycles. The third-order valence-electron chi connectivity index (χ3n) is 2.38. The van der Waals surface area contributed by atoms with Crippen LogP contribution in [-0.4, -0.2) is 42.3 Å². The number of aliphatic hydroxyl groups excluding tert-OH is 1. The molecule has 13 heavy (non-hydrogen) atoms. The molecule has 1 rings (SSSR count). The summed E-state index contributed by atoms with van der Waals surface area (Å²) in [6, 6.07) is 0.0812. The second-order valence-electron chi connectivity index (χ2n) is 3.86. The van der Waals surface area contributed by atoms with Crippen LogP contribution in [0.1, 0.15) is 25.7 Å². The summed E-state index contributed by atoms with van der Waals surface area (Å²) in [7, 11) is 3.43. The molecule has 2 atom stereocenters. The van der Waals surface area contributed by atoms with Gasteiger partial charge in [0.15, 0.2) is 0 Å². The molecule has 0 spiro atoms. The Hall–Kier alpha value is -0.770. The molecular weight excluding hydrogens is 168 g/mol. The van der Waals surface area contributed by atoms with E-state index in [2.05, 4.69) is 5.32 Å². The van der Waals surface area contributed by atoms with E-state index >= 15 is 0 Å². The van der Waals surface area contributed by atoms with E-state index in [9.17, 15) is 9.90 Å². The molecule has 0 aromatic rings. The number of nitrogens with one attached hydrogen (secondary N) is 1. The summed E-state index contributed by atoms with van der Waals surface area (Å²) in [4.78, 5) is 12.8. The van der Waals surface area contributed by atoms with Gasteiger partial charge in [-0.1, -0.05) is 0 Å². The summed E-state index contributed by atoms with van der Waals surface area (Å²) < 4.78 is 0. The van der Waals surface area contributed by atoms with Crippen LogP contribution in [0.25, 0.3) is 0 Å². The highest BCUT2D eigenvalue weighted by molar-refractivity contribution is 5.73. The molecule has 1 saturated carbocycles. The Morgan fingerprint density at radius 1 is 1.46 bits per heavy atom. The lowest BCUT2D eigenvalue weighted by Crippen LogP contribution is -2.44. The summed E-state index contributed by atoms with van der Waals surface area (Å²) in [5.74, 6) is 0. The zero-order valence-corrected chi connectivity index (χ0v) is 8.29. The van der Waals surface area contributed by atoms with Crippen molar-refractivity contribution >= 4 is 6.03 Å². The van der Waals surface area contributed by atoms with E-state index in [1.54, 1.807) is 14.1 Å². The minimum absolute atomic E-state index is 0.0703. The van der Waals surface area contributed by atoms with Crippen LogP contribution in [0.4, 0.5) is 4.79 Å². The van der Waals surface area contributed by atoms with Crippen LogP contribution >= 0.6 is 0 Å². The number of carbonyl (C=O) groups is 1. The average Bonchev–Trinajstić information content (AvgIpc) is 2.04. The van der Waals surface area contributed by atoms with Gasteiger partial charge in [0.25, 0.3) is 0 Å². The van der Waals surface area contributed by atoms with Gasteiger partial charge in [-0.2, -0.15) is 0 Å². The van der Waals surface area contributed by atoms with E-state index in [1.807, 2.05) is 0 Å². The molecule has 4 nitrogen and oxygen atoms in total. The van der Waals surface area contributed by atoms with E-state index in [1.165, 1.54) is 4.90 Å². The monoisotopic (exact) mass is 186 g/mol. The highest BCUT2D eigenvalue weighted by Crippen LogP contribution is 2.18. The van der Waals surface area contributed by atoms with Crippen LogP contribution in [0.5, 0.6) is 0 Å². The number of hydrogen-bond donors (Lipinski definition) is 2. The van der Waals surface area contributed by atoms with Crippen molar-refractivity contribution in [3.8, 4) is 0 Å². The molecule has 2 amide bonds. The van der Waals surface area contributed by atoms with E-state index in [0.29, 0.717) is 6.42 Å². The highest BCUT2D eigenvalue weighted by Gasteiger charge is 2.21. The Labute approximate surface area is 78.9 Å². The SMILES string of the molecule is CN(C)C(=O)NC1CCCC(O)C1. The molecular formula is C9H18N2O2. The molecule has 0 radical (unpaired) electrons. The number of aliphatic hydroxyl groups is 1. The van der Waals surface area contributed by atoms with Gasteiger partial charge in [-0.3, -0.25) is 0 Å². The predicted molar refractivity (Wildman–Crippen MR) is 50.5 cm³/mol. The van der Waals surface area contributed by atoms with E-state index in [-0.39, 0.29) is 18.2 Å². The smallest absolute Gasteiger partial charge is 0.317 e. The van der Waals surface area contributed by atoms with Crippen molar-refractivity contribution in [1.29, 1.82) is 0 Å². The van der Waals surface area contributed by atoms with Gasteiger partial charge < -0.3 is 15.3 Å². The Morgan fingerprint density at radius 3 is 2.69 bits per heavy atom. The first-order chi connectivity index (χ1) is 6.09. The van der Waals surface area contributed by atoms with Crippen LogP contribution in [-0.2, 0) is 0 Å². The molecule has 0 aliphatic heterocycles. The zero-order valence-electron chi connectivity index (χ0n) is 8.29. The normalized spacial score (nSPS) is 28.2. The van der Waals surface area contributed by atoms with Crippen LogP contribution in [0.2, 0.25) is 0 Å². The maximum absolute atomic E-state index is 11.3. The Morgan fingerprint density at radius 2 is 2.15 bits per heavy atom. The van der Waals surface area contributed by atoms with Crippen molar-refractivity contribution in [1.82, 2.24) is 10.2 Å². The summed E-state index contributed by atoms with van der Waals surface area (Å²) in [6.07, 6.45) is 3.31. The maximum Gasteiger partial charge on any atom is 0.317 e. The number of nitrogens with zero attached hydrogens (tertiary/aromatic N) is 1. The molecule has 1 aliphatic rings. The summed E-state index contributed by atoms with van der Waals surface area (Å²) in [6.45, 7) is 0. The number of rotatable bonds is 1. The third kappa shape index (κ3) is 3.22. The van der Waals surface area contributed by atoms with Gasteiger partial charge in [-0.05, 0) is 25.7 Å². The number of urea groups is 1. The molecule has 1 aliphatic carbocycles. The van der Waals surface area contributed by atoms with Crippen LogP contribution in [0, 0.1) is 0 Å². The number of carbonyl (C=O) groups excluding carboxylic acids is 1. The van der Waals surface area contributed by atoms with Crippen molar-refractivity contribution in [2.75, 3.05) is 14.1 Å². The molecule has 0 heterocycles. The molecule has 2 unspecified atom stereocenters. The van der Waals surface area contributed by atoms with Gasteiger partial charge in [0.2, 0.25) is 0 Å². The first-order valence-corrected chi connectivity index (χ1v) is 4.75. The van der Waals surface area contributed by atoms with Gasteiger partial charge in [0.05, 0.1) is 6.10 Å². The van der Waals surface area contributed by atoms with Gasteiger partial charge in [-0.15, -0.1) is 0 Å². The van der Waals surface area contributed by atoms with Gasteiger partial charge in [0.1, 0.15) is 0 Å².